The molecule has 0 spiro atoms. The van der Waals surface area contributed by atoms with Crippen LogP contribution in [0.5, 0.6) is 0 Å². The zero-order valence-electron chi connectivity index (χ0n) is 26.9. The Labute approximate surface area is 295 Å². The smallest absolute Gasteiger partial charge is 0.369 e. The number of hydrogen-bond donors (Lipinski definition) is 2. The van der Waals surface area contributed by atoms with Gasteiger partial charge in [-0.25, -0.2) is 0 Å². The molecule has 0 amide bonds. The van der Waals surface area contributed by atoms with Crippen molar-refractivity contribution in [3.05, 3.63) is 176 Å². The summed E-state index contributed by atoms with van der Waals surface area (Å²) in [6.45, 7) is 2.70. The van der Waals surface area contributed by atoms with Gasteiger partial charge < -0.3 is 10.4 Å². The molecule has 5 aromatic carbocycles. The summed E-state index contributed by atoms with van der Waals surface area (Å²) < 4.78 is 77.5. The quantitative estimate of drug-likeness (QED) is 0.139. The average molecular weight is 754 g/mol. The van der Waals surface area contributed by atoms with Gasteiger partial charge in [-0.1, -0.05) is 131 Å². The van der Waals surface area contributed by atoms with Gasteiger partial charge >= 0.3 is 12.4 Å². The van der Waals surface area contributed by atoms with Crippen LogP contribution in [-0.2, 0) is 37.1 Å². The largest absolute Gasteiger partial charge is 0.430 e. The first kappa shape index (κ1) is 35.9. The molecule has 10 heteroatoms. The lowest BCUT2D eigenvalue weighted by Crippen LogP contribution is -2.54. The van der Waals surface area contributed by atoms with Crippen molar-refractivity contribution in [2.24, 2.45) is 0 Å². The van der Waals surface area contributed by atoms with Crippen LogP contribution in [0.4, 0.5) is 26.3 Å². The van der Waals surface area contributed by atoms with Gasteiger partial charge in [-0.15, -0.1) is 0 Å². The normalized spacial score (nSPS) is 15.4. The van der Waals surface area contributed by atoms with Crippen LogP contribution in [0.15, 0.2) is 132 Å². The standard InChI is InChI=1S/C28H24BrN.C12H11F6NO/c29-27-17-16-22-18-19-30(21-23(22)20-27)28(24-10-4-1-5-11-24,25-12-6-2-7-13-25)26-14-8-3-9-15-26;13-11(14,15)10(20,12(16,17)18)9-2-1-7-3-4-19-6-8(7)5-9/h1-17,20H,18-19,21H2;1-2,5,19-20H,3-4,6H2. The number of alkyl halides is 6. The molecular weight excluding hydrogens is 718 g/mol. The van der Waals surface area contributed by atoms with Crippen molar-refractivity contribution in [3.63, 3.8) is 0 Å². The summed E-state index contributed by atoms with van der Waals surface area (Å²) in [5.41, 5.74) is 1.39. The van der Waals surface area contributed by atoms with E-state index < -0.39 is 23.5 Å². The maximum absolute atomic E-state index is 12.7. The van der Waals surface area contributed by atoms with Gasteiger partial charge in [-0.05, 0) is 70.5 Å². The van der Waals surface area contributed by atoms with E-state index in [9.17, 15) is 31.4 Å². The number of fused-ring (bicyclic) bond motifs is 2. The average Bonchev–Trinajstić information content (AvgIpc) is 3.12. The van der Waals surface area contributed by atoms with Crippen LogP contribution in [0.1, 0.15) is 44.5 Å². The van der Waals surface area contributed by atoms with Crippen LogP contribution in [0, 0.1) is 0 Å². The second kappa shape index (κ2) is 14.3. The van der Waals surface area contributed by atoms with Gasteiger partial charge in [0.2, 0.25) is 0 Å². The van der Waals surface area contributed by atoms with Crippen molar-refractivity contribution in [1.82, 2.24) is 10.2 Å². The lowest BCUT2D eigenvalue weighted by Gasteiger charge is -2.47. The molecule has 0 aliphatic carbocycles. The van der Waals surface area contributed by atoms with Crippen molar-refractivity contribution >= 4 is 15.9 Å². The van der Waals surface area contributed by atoms with Gasteiger partial charge in [0.05, 0.1) is 5.54 Å². The molecule has 0 aromatic heterocycles. The van der Waals surface area contributed by atoms with Crippen LogP contribution in [0.2, 0.25) is 0 Å². The highest BCUT2D eigenvalue weighted by molar-refractivity contribution is 9.10. The molecule has 3 nitrogen and oxygen atoms in total. The van der Waals surface area contributed by atoms with E-state index in [0.717, 1.165) is 30.0 Å². The second-order valence-electron chi connectivity index (χ2n) is 12.5. The topological polar surface area (TPSA) is 35.5 Å². The van der Waals surface area contributed by atoms with E-state index >= 15 is 0 Å². The van der Waals surface area contributed by atoms with Crippen LogP contribution in [0.3, 0.4) is 0 Å². The molecule has 5 aromatic rings. The summed E-state index contributed by atoms with van der Waals surface area (Å²) in [7, 11) is 0. The number of halogens is 7. The molecular formula is C40H35BrF6N2O. The third-order valence-corrected chi connectivity index (χ3v) is 10.1. The van der Waals surface area contributed by atoms with Crippen LogP contribution in [-0.4, -0.2) is 35.4 Å². The summed E-state index contributed by atoms with van der Waals surface area (Å²) >= 11 is 3.68. The minimum absolute atomic E-state index is 0.176. The molecule has 50 heavy (non-hydrogen) atoms. The molecule has 0 fully saturated rings. The minimum atomic E-state index is -5.85. The zero-order chi connectivity index (χ0) is 35.6. The van der Waals surface area contributed by atoms with E-state index in [-0.39, 0.29) is 12.1 Å². The van der Waals surface area contributed by atoms with Gasteiger partial charge in [0, 0.05) is 29.7 Å². The summed E-state index contributed by atoms with van der Waals surface area (Å²) in [4.78, 5) is 2.65. The Morgan fingerprint density at radius 3 is 1.58 bits per heavy atom. The first-order valence-electron chi connectivity index (χ1n) is 16.2. The number of benzene rings is 5. The fraction of sp³-hybridized carbons (Fsp3) is 0.250. The molecule has 260 valence electrons. The molecule has 2 N–H and O–H groups in total. The van der Waals surface area contributed by atoms with Crippen molar-refractivity contribution < 1.29 is 31.4 Å². The Morgan fingerprint density at radius 1 is 0.560 bits per heavy atom. The summed E-state index contributed by atoms with van der Waals surface area (Å²) in [6.07, 6.45) is -10.1. The van der Waals surface area contributed by atoms with Gasteiger partial charge in [-0.2, -0.15) is 26.3 Å². The molecule has 2 aliphatic rings. The number of rotatable bonds is 5. The second-order valence-corrected chi connectivity index (χ2v) is 13.4. The van der Waals surface area contributed by atoms with Crippen molar-refractivity contribution in [1.29, 1.82) is 0 Å². The number of aliphatic hydroxyl groups is 1. The maximum Gasteiger partial charge on any atom is 0.430 e. The summed E-state index contributed by atoms with van der Waals surface area (Å²) in [5, 5.41) is 12.1. The minimum Gasteiger partial charge on any atom is -0.369 e. The summed E-state index contributed by atoms with van der Waals surface area (Å²) in [5.74, 6) is 0. The lowest BCUT2D eigenvalue weighted by atomic mass is 9.74. The van der Waals surface area contributed by atoms with Crippen LogP contribution in [0.25, 0.3) is 0 Å². The lowest BCUT2D eigenvalue weighted by molar-refractivity contribution is -0.376. The predicted octanol–water partition coefficient (Wildman–Crippen LogP) is 9.44. The molecule has 0 saturated carbocycles. The first-order chi connectivity index (χ1) is 23.9. The fourth-order valence-corrected chi connectivity index (χ4v) is 7.50. The molecule has 2 aliphatic heterocycles. The first-order valence-corrected chi connectivity index (χ1v) is 17.0. The monoisotopic (exact) mass is 752 g/mol. The fourth-order valence-electron chi connectivity index (χ4n) is 7.09. The van der Waals surface area contributed by atoms with Gasteiger partial charge in [0.25, 0.3) is 5.60 Å². The molecule has 0 saturated heterocycles. The van der Waals surface area contributed by atoms with Crippen LogP contribution < -0.4 is 5.32 Å². The number of nitrogens with one attached hydrogen (secondary N) is 1. The van der Waals surface area contributed by atoms with E-state index in [2.05, 4.69) is 135 Å². The SMILES string of the molecule is Brc1ccc2c(c1)CN(C(c1ccccc1)(c1ccccc1)c1ccccc1)CC2.OC(c1ccc2c(c1)CNCC2)(C(F)(F)F)C(F)(F)F. The molecule has 0 atom stereocenters. The third-order valence-electron chi connectivity index (χ3n) is 9.56. The highest BCUT2D eigenvalue weighted by atomic mass is 79.9. The molecule has 7 rings (SSSR count). The molecule has 2 heterocycles. The van der Waals surface area contributed by atoms with E-state index in [1.54, 1.807) is 0 Å². The summed E-state index contributed by atoms with van der Waals surface area (Å²) in [6, 6.07) is 42.3. The van der Waals surface area contributed by atoms with E-state index in [0.29, 0.717) is 30.2 Å². The van der Waals surface area contributed by atoms with Gasteiger partial charge in [0.1, 0.15) is 0 Å². The van der Waals surface area contributed by atoms with Gasteiger partial charge in [0.15, 0.2) is 0 Å². The predicted molar refractivity (Wildman–Crippen MR) is 185 cm³/mol. The van der Waals surface area contributed by atoms with Gasteiger partial charge in [-0.3, -0.25) is 4.90 Å². The molecule has 0 radical (unpaired) electrons. The Hall–Kier alpha value is -3.96. The van der Waals surface area contributed by atoms with Crippen LogP contribution >= 0.6 is 15.9 Å². The van der Waals surface area contributed by atoms with Crippen molar-refractivity contribution in [2.45, 2.75) is 49.4 Å². The Kier molecular flexibility index (Phi) is 10.3. The number of hydrogen-bond acceptors (Lipinski definition) is 3. The Balaban J connectivity index is 0.000000189. The maximum atomic E-state index is 12.7. The van der Waals surface area contributed by atoms with E-state index in [4.69, 9.17) is 0 Å². The highest BCUT2D eigenvalue weighted by Crippen LogP contribution is 2.50. The van der Waals surface area contributed by atoms with E-state index in [1.807, 2.05) is 0 Å². The molecule has 0 bridgehead atoms. The van der Waals surface area contributed by atoms with E-state index in [1.165, 1.54) is 33.9 Å². The Morgan fingerprint density at radius 2 is 1.06 bits per heavy atom. The zero-order valence-corrected chi connectivity index (χ0v) is 28.5. The third kappa shape index (κ3) is 6.74. The highest BCUT2D eigenvalue weighted by Gasteiger charge is 2.71. The van der Waals surface area contributed by atoms with Crippen molar-refractivity contribution in [2.75, 3.05) is 13.1 Å². The molecule has 0 unspecified atom stereocenters. The van der Waals surface area contributed by atoms with Crippen molar-refractivity contribution in [3.8, 4) is 0 Å². The number of nitrogens with zero attached hydrogens (tertiary/aromatic N) is 1. The Bertz CT molecular complexity index is 1790.